The fourth-order valence-corrected chi connectivity index (χ4v) is 5.74. The highest BCUT2D eigenvalue weighted by atomic mass is 32.2. The van der Waals surface area contributed by atoms with Gasteiger partial charge < -0.3 is 15.0 Å². The number of nitrogens with zero attached hydrogens (tertiary/aromatic N) is 2. The molecule has 47 heavy (non-hydrogen) atoms. The Morgan fingerprint density at radius 2 is 1.38 bits per heavy atom. The van der Waals surface area contributed by atoms with Crippen molar-refractivity contribution in [2.75, 3.05) is 11.3 Å². The van der Waals surface area contributed by atoms with Crippen molar-refractivity contribution in [3.05, 3.63) is 156 Å². The molecule has 1 atom stereocenters. The van der Waals surface area contributed by atoms with Crippen LogP contribution in [0.5, 0.6) is 5.75 Å². The molecule has 0 spiro atoms. The average Bonchev–Trinajstić information content (AvgIpc) is 3.09. The number of rotatable bonds is 13. The number of nitrogens with one attached hydrogen (secondary N) is 2. The second-order valence-corrected chi connectivity index (χ2v) is 12.1. The molecule has 4 aromatic carbocycles. The molecule has 0 saturated carbocycles. The van der Waals surface area contributed by atoms with E-state index in [0.717, 1.165) is 17.7 Å². The van der Waals surface area contributed by atoms with E-state index in [1.165, 1.54) is 65.6 Å². The maximum absolute atomic E-state index is 13.8. The molecule has 0 fully saturated rings. The summed E-state index contributed by atoms with van der Waals surface area (Å²) in [6.07, 6.45) is 3.23. The number of carbonyl (C=O) groups excluding carboxylic acids is 2. The van der Waals surface area contributed by atoms with Gasteiger partial charge in [0.1, 0.15) is 23.4 Å². The zero-order valence-electron chi connectivity index (χ0n) is 24.9. The van der Waals surface area contributed by atoms with Gasteiger partial charge in [0.2, 0.25) is 5.91 Å². The summed E-state index contributed by atoms with van der Waals surface area (Å²) in [7, 11) is -3.98. The summed E-state index contributed by atoms with van der Waals surface area (Å²) in [4.78, 5) is 32.9. The maximum atomic E-state index is 13.8. The van der Waals surface area contributed by atoms with Crippen LogP contribution in [-0.4, -0.2) is 36.7 Å². The summed E-state index contributed by atoms with van der Waals surface area (Å²) in [6.45, 7) is -0.315. The van der Waals surface area contributed by atoms with Crippen LogP contribution in [0.4, 0.5) is 14.5 Å². The third kappa shape index (κ3) is 8.98. The average molecular weight is 657 g/mol. The number of aromatic nitrogens is 1. The highest BCUT2D eigenvalue weighted by Crippen LogP contribution is 2.25. The molecule has 0 bridgehead atoms. The summed E-state index contributed by atoms with van der Waals surface area (Å²) in [5, 5.41) is 2.90. The Labute approximate surface area is 270 Å². The van der Waals surface area contributed by atoms with Gasteiger partial charge in [-0.3, -0.25) is 19.3 Å². The monoisotopic (exact) mass is 656 g/mol. The predicted octanol–water partition coefficient (Wildman–Crippen LogP) is 5.63. The molecule has 0 unspecified atom stereocenters. The maximum Gasteiger partial charge on any atom is 0.261 e. The molecule has 2 N–H and O–H groups in total. The Morgan fingerprint density at radius 1 is 0.766 bits per heavy atom. The van der Waals surface area contributed by atoms with Crippen molar-refractivity contribution in [1.29, 1.82) is 0 Å². The molecular formula is C35H30F2N4O5S. The first-order valence-electron chi connectivity index (χ1n) is 14.4. The Morgan fingerprint density at radius 3 is 2.02 bits per heavy atom. The van der Waals surface area contributed by atoms with Crippen LogP contribution in [0.1, 0.15) is 22.7 Å². The van der Waals surface area contributed by atoms with E-state index in [1.54, 1.807) is 54.9 Å². The van der Waals surface area contributed by atoms with E-state index in [9.17, 15) is 26.8 Å². The van der Waals surface area contributed by atoms with E-state index >= 15 is 0 Å². The van der Waals surface area contributed by atoms with Gasteiger partial charge in [0.15, 0.2) is 6.61 Å². The Balaban J connectivity index is 1.35. The number of hydrogen-bond acceptors (Lipinski definition) is 6. The van der Waals surface area contributed by atoms with Crippen LogP contribution in [0.15, 0.2) is 133 Å². The number of hydrogen-bond donors (Lipinski definition) is 2. The van der Waals surface area contributed by atoms with E-state index < -0.39 is 46.1 Å². The number of sulfonamides is 1. The van der Waals surface area contributed by atoms with Gasteiger partial charge in [0.05, 0.1) is 4.90 Å². The lowest BCUT2D eigenvalue weighted by Crippen LogP contribution is -2.45. The molecule has 0 radical (unpaired) electrons. The van der Waals surface area contributed by atoms with Crippen molar-refractivity contribution in [2.24, 2.45) is 0 Å². The summed E-state index contributed by atoms with van der Waals surface area (Å²) in [6, 6.07) is 27.2. The predicted molar refractivity (Wildman–Crippen MR) is 171 cm³/mol. The standard InChI is InChI=1S/C35H30F2N4O5S/c36-28-8-6-26(7-9-28)23-41(34(27-4-2-1-3-5-27)35(43)39-22-25-18-20-38-21-19-25)33(42)24-46-31-14-16-32(17-15-31)47(44,45)40-30-12-10-29(37)11-13-30/h1-21,34,40H,22-24H2,(H,39,43)/t34-/m0/s1. The fourth-order valence-electron chi connectivity index (χ4n) is 4.68. The summed E-state index contributed by atoms with van der Waals surface area (Å²) < 4.78 is 60.6. The van der Waals surface area contributed by atoms with Crippen LogP contribution < -0.4 is 14.8 Å². The first-order valence-corrected chi connectivity index (χ1v) is 15.9. The molecule has 1 heterocycles. The molecular weight excluding hydrogens is 626 g/mol. The van der Waals surface area contributed by atoms with Crippen LogP contribution in [0.25, 0.3) is 0 Å². The highest BCUT2D eigenvalue weighted by molar-refractivity contribution is 7.92. The van der Waals surface area contributed by atoms with Gasteiger partial charge in [-0.25, -0.2) is 17.2 Å². The Hall–Kier alpha value is -5.62. The van der Waals surface area contributed by atoms with Gasteiger partial charge in [0, 0.05) is 31.2 Å². The largest absolute Gasteiger partial charge is 0.484 e. The second kappa shape index (κ2) is 15.1. The summed E-state index contributed by atoms with van der Waals surface area (Å²) in [5.41, 5.74) is 2.15. The van der Waals surface area contributed by atoms with E-state index in [2.05, 4.69) is 15.0 Å². The minimum absolute atomic E-state index is 0.0308. The zero-order chi connectivity index (χ0) is 33.2. The first-order chi connectivity index (χ1) is 22.7. The van der Waals surface area contributed by atoms with E-state index in [0.29, 0.717) is 11.1 Å². The highest BCUT2D eigenvalue weighted by Gasteiger charge is 2.32. The van der Waals surface area contributed by atoms with Crippen molar-refractivity contribution < 1.29 is 31.5 Å². The second-order valence-electron chi connectivity index (χ2n) is 10.4. The smallest absolute Gasteiger partial charge is 0.261 e. The zero-order valence-corrected chi connectivity index (χ0v) is 25.7. The number of ether oxygens (including phenoxy) is 1. The van der Waals surface area contributed by atoms with E-state index in [4.69, 9.17) is 4.74 Å². The van der Waals surface area contributed by atoms with E-state index in [1.807, 2.05) is 0 Å². The molecule has 240 valence electrons. The topological polar surface area (TPSA) is 118 Å². The molecule has 0 aliphatic carbocycles. The number of carbonyl (C=O) groups is 2. The third-order valence-corrected chi connectivity index (χ3v) is 8.47. The Bertz CT molecular complexity index is 1890. The molecule has 2 amide bonds. The third-order valence-electron chi connectivity index (χ3n) is 7.07. The van der Waals surface area contributed by atoms with E-state index in [-0.39, 0.29) is 29.4 Å². The lowest BCUT2D eigenvalue weighted by atomic mass is 10.0. The minimum Gasteiger partial charge on any atom is -0.484 e. The van der Waals surface area contributed by atoms with Crippen LogP contribution in [0.2, 0.25) is 0 Å². The van der Waals surface area contributed by atoms with Crippen molar-refractivity contribution in [1.82, 2.24) is 15.2 Å². The van der Waals surface area contributed by atoms with Gasteiger partial charge in [-0.05, 0) is 89.5 Å². The summed E-state index contributed by atoms with van der Waals surface area (Å²) >= 11 is 0. The quantitative estimate of drug-likeness (QED) is 0.170. The molecule has 1 aromatic heterocycles. The van der Waals surface area contributed by atoms with Crippen molar-refractivity contribution in [3.8, 4) is 5.75 Å². The molecule has 5 rings (SSSR count). The van der Waals surface area contributed by atoms with Crippen molar-refractivity contribution in [2.45, 2.75) is 24.0 Å². The molecule has 0 aliphatic heterocycles. The fraction of sp³-hybridized carbons (Fsp3) is 0.114. The molecule has 0 saturated heterocycles. The normalized spacial score (nSPS) is 11.7. The van der Waals surface area contributed by atoms with Gasteiger partial charge in [-0.15, -0.1) is 0 Å². The van der Waals surface area contributed by atoms with Crippen LogP contribution >= 0.6 is 0 Å². The van der Waals surface area contributed by atoms with Crippen LogP contribution in [0, 0.1) is 11.6 Å². The van der Waals surface area contributed by atoms with Crippen LogP contribution in [0.3, 0.4) is 0 Å². The van der Waals surface area contributed by atoms with Gasteiger partial charge in [0.25, 0.3) is 15.9 Å². The van der Waals surface area contributed by atoms with Crippen molar-refractivity contribution in [3.63, 3.8) is 0 Å². The molecule has 5 aromatic rings. The molecule has 9 nitrogen and oxygen atoms in total. The van der Waals surface area contributed by atoms with Crippen LogP contribution in [-0.2, 0) is 32.7 Å². The van der Waals surface area contributed by atoms with Crippen molar-refractivity contribution >= 4 is 27.5 Å². The Kier molecular flexibility index (Phi) is 10.5. The number of benzene rings is 4. The van der Waals surface area contributed by atoms with Gasteiger partial charge in [-0.2, -0.15) is 0 Å². The first kappa shape index (κ1) is 32.8. The number of amides is 2. The lowest BCUT2D eigenvalue weighted by Gasteiger charge is -2.31. The SMILES string of the molecule is O=C(NCc1ccncc1)[C@H](c1ccccc1)N(Cc1ccc(F)cc1)C(=O)COc1ccc(S(=O)(=O)Nc2ccc(F)cc2)cc1. The number of anilines is 1. The van der Waals surface area contributed by atoms with Gasteiger partial charge >= 0.3 is 0 Å². The molecule has 0 aliphatic rings. The van der Waals surface area contributed by atoms with Gasteiger partial charge in [-0.1, -0.05) is 42.5 Å². The lowest BCUT2D eigenvalue weighted by molar-refractivity contribution is -0.143. The number of halogens is 2. The minimum atomic E-state index is -3.98. The molecule has 12 heteroatoms. The number of pyridine rings is 1. The summed E-state index contributed by atoms with van der Waals surface area (Å²) in [5.74, 6) is -1.72.